The molecule has 0 heterocycles. The Hall–Kier alpha value is -0.220. The van der Waals surface area contributed by atoms with Crippen molar-refractivity contribution in [3.05, 3.63) is 34.1 Å². The van der Waals surface area contributed by atoms with Crippen molar-refractivity contribution in [2.45, 2.75) is 31.0 Å². The maximum Gasteiger partial charge on any atom is 0.146 e. The number of rotatable bonds is 5. The Morgan fingerprint density at radius 3 is 2.75 bits per heavy atom. The van der Waals surface area contributed by atoms with Crippen LogP contribution in [0.15, 0.2) is 22.7 Å². The highest BCUT2D eigenvalue weighted by atomic mass is 79.9. The van der Waals surface area contributed by atoms with E-state index in [1.807, 2.05) is 13.0 Å². The first-order valence-electron chi connectivity index (χ1n) is 5.15. The summed E-state index contributed by atoms with van der Waals surface area (Å²) in [6.07, 6.45) is 1.94. The summed E-state index contributed by atoms with van der Waals surface area (Å²) in [5, 5.41) is 0. The first-order valence-corrected chi connectivity index (χ1v) is 6.86. The van der Waals surface area contributed by atoms with Crippen molar-refractivity contribution in [1.82, 2.24) is 0 Å². The zero-order valence-corrected chi connectivity index (χ0v) is 12.1. The monoisotopic (exact) mass is 350 g/mol. The summed E-state index contributed by atoms with van der Waals surface area (Å²) in [5.74, 6) is -0.119. The van der Waals surface area contributed by atoms with Gasteiger partial charge in [0.2, 0.25) is 0 Å². The Morgan fingerprint density at radius 2 is 2.19 bits per heavy atom. The Kier molecular flexibility index (Phi) is 5.62. The van der Waals surface area contributed by atoms with E-state index in [-0.39, 0.29) is 16.4 Å². The van der Waals surface area contributed by atoms with Crippen LogP contribution in [0.5, 0.6) is 0 Å². The molecule has 1 rings (SSSR count). The van der Waals surface area contributed by atoms with Crippen LogP contribution in [0, 0.1) is 5.82 Å². The Balaban J connectivity index is 2.66. The summed E-state index contributed by atoms with van der Waals surface area (Å²) in [6.45, 7) is 1.97. The molecule has 0 bridgehead atoms. The highest BCUT2D eigenvalue weighted by molar-refractivity contribution is 9.10. The molecule has 0 aromatic heterocycles. The van der Waals surface area contributed by atoms with Crippen molar-refractivity contribution in [1.29, 1.82) is 0 Å². The van der Waals surface area contributed by atoms with E-state index in [2.05, 4.69) is 31.9 Å². The van der Waals surface area contributed by atoms with Gasteiger partial charge in [0, 0.05) is 6.42 Å². The number of carbonyl (C=O) groups excluding carboxylic acids is 1. The summed E-state index contributed by atoms with van der Waals surface area (Å²) >= 11 is 6.44. The minimum absolute atomic E-state index is 0.172. The van der Waals surface area contributed by atoms with Gasteiger partial charge in [-0.25, -0.2) is 4.39 Å². The number of carbonyl (C=O) groups is 1. The van der Waals surface area contributed by atoms with E-state index in [4.69, 9.17) is 0 Å². The molecule has 16 heavy (non-hydrogen) atoms. The lowest BCUT2D eigenvalue weighted by atomic mass is 10.1. The van der Waals surface area contributed by atoms with Crippen LogP contribution >= 0.6 is 31.9 Å². The number of hydrogen-bond acceptors (Lipinski definition) is 1. The van der Waals surface area contributed by atoms with Crippen LogP contribution < -0.4 is 0 Å². The maximum atomic E-state index is 13.2. The van der Waals surface area contributed by atoms with Crippen molar-refractivity contribution in [3.63, 3.8) is 0 Å². The average molecular weight is 352 g/mol. The lowest BCUT2D eigenvalue weighted by molar-refractivity contribution is -0.118. The summed E-state index contributed by atoms with van der Waals surface area (Å²) in [6, 6.07) is 4.94. The number of hydrogen-bond donors (Lipinski definition) is 0. The van der Waals surface area contributed by atoms with Gasteiger partial charge in [0.1, 0.15) is 11.6 Å². The van der Waals surface area contributed by atoms with E-state index in [0.717, 1.165) is 12.0 Å². The summed E-state index contributed by atoms with van der Waals surface area (Å²) in [4.78, 5) is 11.3. The van der Waals surface area contributed by atoms with E-state index < -0.39 is 0 Å². The fraction of sp³-hybridized carbons (Fsp3) is 0.417. The van der Waals surface area contributed by atoms with Gasteiger partial charge < -0.3 is 0 Å². The molecule has 0 fully saturated rings. The van der Waals surface area contributed by atoms with Gasteiger partial charge in [0.25, 0.3) is 0 Å². The molecule has 0 saturated carbocycles. The molecule has 1 aromatic carbocycles. The molecule has 0 amide bonds. The van der Waals surface area contributed by atoms with E-state index in [1.165, 1.54) is 6.07 Å². The number of alkyl halides is 1. The molecule has 1 aromatic rings. The quantitative estimate of drug-likeness (QED) is 0.724. The van der Waals surface area contributed by atoms with Crippen LogP contribution in [0.2, 0.25) is 0 Å². The van der Waals surface area contributed by atoms with Gasteiger partial charge in [-0.2, -0.15) is 0 Å². The van der Waals surface area contributed by atoms with Crippen molar-refractivity contribution in [2.75, 3.05) is 0 Å². The number of benzene rings is 1. The molecule has 88 valence electrons. The number of Topliss-reactive ketones (excluding diaryl/α,β-unsaturated/α-hetero) is 1. The molecular formula is C12H13Br2FO. The third-order valence-corrected chi connectivity index (χ3v) is 3.72. The van der Waals surface area contributed by atoms with Gasteiger partial charge in [-0.15, -0.1) is 0 Å². The zero-order chi connectivity index (χ0) is 12.1. The third kappa shape index (κ3) is 3.98. The Morgan fingerprint density at radius 1 is 1.50 bits per heavy atom. The normalized spacial score (nSPS) is 12.5. The molecule has 0 saturated heterocycles. The first-order chi connectivity index (χ1) is 7.54. The summed E-state index contributed by atoms with van der Waals surface area (Å²) < 4.78 is 13.7. The predicted octanol–water partition coefficient (Wildman–Crippen LogP) is 4.26. The molecule has 0 aliphatic carbocycles. The fourth-order valence-corrected chi connectivity index (χ4v) is 2.24. The van der Waals surface area contributed by atoms with Gasteiger partial charge in [0.15, 0.2) is 0 Å². The van der Waals surface area contributed by atoms with Crippen LogP contribution in [0.3, 0.4) is 0 Å². The lowest BCUT2D eigenvalue weighted by Gasteiger charge is -2.08. The van der Waals surface area contributed by atoms with E-state index in [9.17, 15) is 9.18 Å². The van der Waals surface area contributed by atoms with Crippen LogP contribution in [0.25, 0.3) is 0 Å². The van der Waals surface area contributed by atoms with Gasteiger partial charge >= 0.3 is 0 Å². The minimum Gasteiger partial charge on any atom is -0.298 e. The van der Waals surface area contributed by atoms with Crippen molar-refractivity contribution < 1.29 is 9.18 Å². The van der Waals surface area contributed by atoms with E-state index >= 15 is 0 Å². The van der Waals surface area contributed by atoms with Crippen LogP contribution in [-0.2, 0) is 11.2 Å². The fourth-order valence-electron chi connectivity index (χ4n) is 1.39. The predicted molar refractivity (Wildman–Crippen MR) is 70.4 cm³/mol. The molecule has 0 N–H and O–H groups in total. The Bertz CT molecular complexity index is 379. The molecule has 1 unspecified atom stereocenters. The van der Waals surface area contributed by atoms with Crippen molar-refractivity contribution in [3.8, 4) is 0 Å². The molecule has 0 radical (unpaired) electrons. The standard InChI is InChI=1S/C12H13Br2FO/c1-2-3-12(16)10(14)6-8-4-5-9(13)11(15)7-8/h4-5,7,10H,2-3,6H2,1H3. The highest BCUT2D eigenvalue weighted by Crippen LogP contribution is 2.19. The first kappa shape index (κ1) is 13.8. The van der Waals surface area contributed by atoms with Gasteiger partial charge in [-0.1, -0.05) is 28.9 Å². The largest absolute Gasteiger partial charge is 0.298 e. The van der Waals surface area contributed by atoms with Crippen LogP contribution in [-0.4, -0.2) is 10.6 Å². The summed E-state index contributed by atoms with van der Waals surface area (Å²) in [5.41, 5.74) is 0.826. The Labute approximate surface area is 112 Å². The molecular weight excluding hydrogens is 339 g/mol. The van der Waals surface area contributed by atoms with Crippen molar-refractivity contribution >= 4 is 37.6 Å². The second-order valence-corrected chi connectivity index (χ2v) is 5.60. The molecule has 1 nitrogen and oxygen atoms in total. The van der Waals surface area contributed by atoms with Crippen LogP contribution in [0.4, 0.5) is 4.39 Å². The zero-order valence-electron chi connectivity index (χ0n) is 8.97. The topological polar surface area (TPSA) is 17.1 Å². The molecule has 1 atom stereocenters. The number of halogens is 3. The minimum atomic E-state index is -0.292. The van der Waals surface area contributed by atoms with Gasteiger partial charge in [-0.3, -0.25) is 4.79 Å². The van der Waals surface area contributed by atoms with E-state index in [1.54, 1.807) is 6.07 Å². The molecule has 0 spiro atoms. The summed E-state index contributed by atoms with van der Waals surface area (Å²) in [7, 11) is 0. The second kappa shape index (κ2) is 6.50. The molecule has 0 aliphatic heterocycles. The lowest BCUT2D eigenvalue weighted by Crippen LogP contribution is -2.16. The maximum absolute atomic E-state index is 13.2. The smallest absolute Gasteiger partial charge is 0.146 e. The highest BCUT2D eigenvalue weighted by Gasteiger charge is 2.14. The average Bonchev–Trinajstić information content (AvgIpc) is 2.24. The third-order valence-electron chi connectivity index (χ3n) is 2.24. The SMILES string of the molecule is CCCC(=O)C(Br)Cc1ccc(Br)c(F)c1. The molecule has 4 heteroatoms. The van der Waals surface area contributed by atoms with E-state index in [0.29, 0.717) is 17.3 Å². The van der Waals surface area contributed by atoms with Gasteiger partial charge in [-0.05, 0) is 46.5 Å². The number of ketones is 1. The second-order valence-electron chi connectivity index (χ2n) is 3.64. The molecule has 0 aliphatic rings. The van der Waals surface area contributed by atoms with Crippen LogP contribution in [0.1, 0.15) is 25.3 Å². The van der Waals surface area contributed by atoms with Crippen molar-refractivity contribution in [2.24, 2.45) is 0 Å². The van der Waals surface area contributed by atoms with Gasteiger partial charge in [0.05, 0.1) is 9.30 Å².